The van der Waals surface area contributed by atoms with Gasteiger partial charge in [-0.1, -0.05) is 91.0 Å². The molecule has 0 unspecified atom stereocenters. The van der Waals surface area contributed by atoms with Gasteiger partial charge in [-0.25, -0.2) is 0 Å². The Labute approximate surface area is 205 Å². The lowest BCUT2D eigenvalue weighted by Gasteiger charge is -2.25. The monoisotopic (exact) mass is 455 g/mol. The van der Waals surface area contributed by atoms with Crippen LogP contribution < -0.4 is 4.90 Å². The first-order valence-corrected chi connectivity index (χ1v) is 12.3. The topological polar surface area (TPSA) is 3.24 Å². The summed E-state index contributed by atoms with van der Waals surface area (Å²) in [7, 11) is 0. The first-order valence-electron chi connectivity index (χ1n) is 11.3. The zero-order valence-electron chi connectivity index (χ0n) is 18.8. The zero-order valence-corrected chi connectivity index (χ0v) is 19.6. The molecule has 0 aliphatic carbocycles. The van der Waals surface area contributed by atoms with E-state index in [-0.39, 0.29) is 0 Å². The molecule has 0 aliphatic heterocycles. The fraction of sp³-hybridized carbons (Fsp3) is 0. The van der Waals surface area contributed by atoms with Crippen LogP contribution in [0.5, 0.6) is 0 Å². The first-order chi connectivity index (χ1) is 16.8. The molecule has 0 bridgehead atoms. The predicted octanol–water partition coefficient (Wildman–Crippen LogP) is 9.56. The van der Waals surface area contributed by atoms with Crippen molar-refractivity contribution in [1.82, 2.24) is 0 Å². The van der Waals surface area contributed by atoms with E-state index in [1.807, 2.05) is 12.1 Å². The fourth-order valence-corrected chi connectivity index (χ4v) is 4.49. The standard InChI is InChI=1S/C32H25NS/c1-3-10-30(11-4-1)33(31-12-5-2-6-13-31)32-20-18-26(19-21-32)14-15-27-8-7-9-28(24-27)16-17-29-22-23-34-25-29/h1-25H. The lowest BCUT2D eigenvalue weighted by molar-refractivity contribution is 1.28. The summed E-state index contributed by atoms with van der Waals surface area (Å²) in [6.45, 7) is 0. The van der Waals surface area contributed by atoms with Crippen LogP contribution in [0.25, 0.3) is 24.3 Å². The van der Waals surface area contributed by atoms with Crippen molar-refractivity contribution in [3.8, 4) is 0 Å². The van der Waals surface area contributed by atoms with Crippen molar-refractivity contribution < 1.29 is 0 Å². The third-order valence-corrected chi connectivity index (χ3v) is 6.27. The Hall–Kier alpha value is -4.14. The summed E-state index contributed by atoms with van der Waals surface area (Å²) in [5, 5.41) is 4.25. The highest BCUT2D eigenvalue weighted by atomic mass is 32.1. The number of anilines is 3. The molecule has 0 saturated heterocycles. The van der Waals surface area contributed by atoms with Gasteiger partial charge in [-0.3, -0.25) is 0 Å². The highest BCUT2D eigenvalue weighted by Crippen LogP contribution is 2.34. The van der Waals surface area contributed by atoms with Crippen LogP contribution in [0, 0.1) is 0 Å². The van der Waals surface area contributed by atoms with Crippen LogP contribution in [0.1, 0.15) is 22.3 Å². The molecule has 4 aromatic carbocycles. The van der Waals surface area contributed by atoms with E-state index in [0.29, 0.717) is 0 Å². The van der Waals surface area contributed by atoms with Gasteiger partial charge in [0.15, 0.2) is 0 Å². The number of para-hydroxylation sites is 2. The van der Waals surface area contributed by atoms with Crippen LogP contribution >= 0.6 is 11.3 Å². The van der Waals surface area contributed by atoms with Crippen molar-refractivity contribution in [2.75, 3.05) is 4.90 Å². The molecule has 0 N–H and O–H groups in total. The maximum atomic E-state index is 2.27. The normalized spacial score (nSPS) is 11.3. The molecule has 5 rings (SSSR count). The van der Waals surface area contributed by atoms with Crippen LogP contribution in [-0.4, -0.2) is 0 Å². The van der Waals surface area contributed by atoms with Gasteiger partial charge in [-0.05, 0) is 81.5 Å². The Balaban J connectivity index is 1.35. The smallest absolute Gasteiger partial charge is 0.0462 e. The van der Waals surface area contributed by atoms with Gasteiger partial charge >= 0.3 is 0 Å². The molecule has 0 radical (unpaired) electrons. The third kappa shape index (κ3) is 5.43. The molecular weight excluding hydrogens is 430 g/mol. The largest absolute Gasteiger partial charge is 0.311 e. The maximum Gasteiger partial charge on any atom is 0.0462 e. The Kier molecular flexibility index (Phi) is 6.80. The molecule has 0 atom stereocenters. The van der Waals surface area contributed by atoms with Gasteiger partial charge in [-0.2, -0.15) is 11.3 Å². The van der Waals surface area contributed by atoms with Crippen molar-refractivity contribution in [1.29, 1.82) is 0 Å². The number of hydrogen-bond donors (Lipinski definition) is 0. The van der Waals surface area contributed by atoms with Gasteiger partial charge in [0.2, 0.25) is 0 Å². The zero-order chi connectivity index (χ0) is 23.0. The van der Waals surface area contributed by atoms with Crippen LogP contribution in [0.4, 0.5) is 17.1 Å². The molecule has 0 saturated carbocycles. The molecule has 34 heavy (non-hydrogen) atoms. The summed E-state index contributed by atoms with van der Waals surface area (Å²) in [5.74, 6) is 0. The quantitative estimate of drug-likeness (QED) is 0.221. The predicted molar refractivity (Wildman–Crippen MR) is 150 cm³/mol. The van der Waals surface area contributed by atoms with Crippen molar-refractivity contribution >= 4 is 52.7 Å². The second-order valence-electron chi connectivity index (χ2n) is 7.99. The van der Waals surface area contributed by atoms with Gasteiger partial charge in [0.1, 0.15) is 0 Å². The molecule has 5 aromatic rings. The summed E-state index contributed by atoms with van der Waals surface area (Å²) < 4.78 is 0. The van der Waals surface area contributed by atoms with Crippen molar-refractivity contribution in [2.45, 2.75) is 0 Å². The number of rotatable bonds is 7. The van der Waals surface area contributed by atoms with Gasteiger partial charge < -0.3 is 4.90 Å². The first kappa shape index (κ1) is 21.7. The maximum absolute atomic E-state index is 2.27. The number of hydrogen-bond acceptors (Lipinski definition) is 2. The average molecular weight is 456 g/mol. The summed E-state index contributed by atoms with van der Waals surface area (Å²) in [6.07, 6.45) is 8.66. The Bertz CT molecular complexity index is 1330. The van der Waals surface area contributed by atoms with Crippen molar-refractivity contribution in [3.63, 3.8) is 0 Å². The minimum atomic E-state index is 1.13. The van der Waals surface area contributed by atoms with E-state index in [4.69, 9.17) is 0 Å². The van der Waals surface area contributed by atoms with E-state index < -0.39 is 0 Å². The summed E-state index contributed by atoms with van der Waals surface area (Å²) in [6, 6.07) is 40.4. The van der Waals surface area contributed by atoms with Gasteiger partial charge in [0, 0.05) is 17.1 Å². The van der Waals surface area contributed by atoms with Gasteiger partial charge in [0.25, 0.3) is 0 Å². The van der Waals surface area contributed by atoms with E-state index in [2.05, 4.69) is 143 Å². The molecule has 1 nitrogen and oxygen atoms in total. The van der Waals surface area contributed by atoms with E-state index in [1.165, 1.54) is 22.3 Å². The molecule has 1 aromatic heterocycles. The number of nitrogens with zero attached hydrogens (tertiary/aromatic N) is 1. The Morgan fingerprint density at radius 2 is 0.971 bits per heavy atom. The third-order valence-electron chi connectivity index (χ3n) is 5.57. The lowest BCUT2D eigenvalue weighted by atomic mass is 10.1. The summed E-state index contributed by atoms with van der Waals surface area (Å²) >= 11 is 1.72. The molecular formula is C32H25NS. The molecule has 2 heteroatoms. The fourth-order valence-electron chi connectivity index (χ4n) is 3.86. The van der Waals surface area contributed by atoms with E-state index in [9.17, 15) is 0 Å². The second-order valence-corrected chi connectivity index (χ2v) is 8.77. The van der Waals surface area contributed by atoms with E-state index in [1.54, 1.807) is 11.3 Å². The molecule has 1 heterocycles. The molecule has 0 spiro atoms. The van der Waals surface area contributed by atoms with Crippen molar-refractivity contribution in [3.05, 3.63) is 148 Å². The van der Waals surface area contributed by atoms with Crippen LogP contribution in [-0.2, 0) is 0 Å². The van der Waals surface area contributed by atoms with E-state index in [0.717, 1.165) is 17.1 Å². The highest BCUT2D eigenvalue weighted by Gasteiger charge is 2.11. The molecule has 0 aliphatic rings. The summed E-state index contributed by atoms with van der Waals surface area (Å²) in [5.41, 5.74) is 8.22. The second kappa shape index (κ2) is 10.7. The molecule has 0 fully saturated rings. The lowest BCUT2D eigenvalue weighted by Crippen LogP contribution is -2.09. The highest BCUT2D eigenvalue weighted by molar-refractivity contribution is 7.08. The minimum absolute atomic E-state index is 1.13. The van der Waals surface area contributed by atoms with E-state index >= 15 is 0 Å². The van der Waals surface area contributed by atoms with Gasteiger partial charge in [-0.15, -0.1) is 0 Å². The average Bonchev–Trinajstić information content (AvgIpc) is 3.43. The molecule has 164 valence electrons. The Morgan fingerprint density at radius 3 is 1.53 bits per heavy atom. The van der Waals surface area contributed by atoms with Gasteiger partial charge in [0.05, 0.1) is 0 Å². The van der Waals surface area contributed by atoms with Crippen LogP contribution in [0.3, 0.4) is 0 Å². The minimum Gasteiger partial charge on any atom is -0.311 e. The van der Waals surface area contributed by atoms with Crippen LogP contribution in [0.2, 0.25) is 0 Å². The van der Waals surface area contributed by atoms with Crippen LogP contribution in [0.15, 0.2) is 126 Å². The Morgan fingerprint density at radius 1 is 0.441 bits per heavy atom. The SMILES string of the molecule is C(=Cc1cccc(C=Cc2ccsc2)c1)c1ccc(N(c2ccccc2)c2ccccc2)cc1. The van der Waals surface area contributed by atoms with Crippen molar-refractivity contribution in [2.24, 2.45) is 0 Å². The number of benzene rings is 4. The summed E-state index contributed by atoms with van der Waals surface area (Å²) in [4.78, 5) is 2.27. The number of thiophene rings is 1. The molecule has 0 amide bonds.